The summed E-state index contributed by atoms with van der Waals surface area (Å²) in [6.45, 7) is 4.48. The van der Waals surface area contributed by atoms with E-state index in [9.17, 15) is 5.26 Å². The van der Waals surface area contributed by atoms with Gasteiger partial charge in [-0.1, -0.05) is 54.5 Å². The third-order valence-electron chi connectivity index (χ3n) is 5.50. The van der Waals surface area contributed by atoms with Crippen LogP contribution in [0.15, 0.2) is 53.3 Å². The Kier molecular flexibility index (Phi) is 4.55. The summed E-state index contributed by atoms with van der Waals surface area (Å²) in [5.74, 6) is 1.16. The highest BCUT2D eigenvalue weighted by Gasteiger charge is 2.33. The Labute approximate surface area is 158 Å². The molecular weight excluding hydrogens is 336 g/mol. The molecule has 0 fully saturated rings. The molecule has 5 heteroatoms. The van der Waals surface area contributed by atoms with Crippen LogP contribution < -0.4 is 0 Å². The fraction of sp³-hybridized carbons (Fsp3) is 0.273. The fourth-order valence-corrected chi connectivity index (χ4v) is 3.67. The predicted octanol–water partition coefficient (Wildman–Crippen LogP) is 4.63. The minimum Gasteiger partial charge on any atom is -0.256 e. The second-order valence-corrected chi connectivity index (χ2v) is 7.15. The van der Waals surface area contributed by atoms with Crippen LogP contribution in [-0.4, -0.2) is 15.3 Å². The van der Waals surface area contributed by atoms with E-state index in [1.807, 2.05) is 48.7 Å². The Bertz CT molecular complexity index is 1010. The van der Waals surface area contributed by atoms with Gasteiger partial charge in [0.2, 0.25) is 0 Å². The standard InChI is InChI=1S/C22H20N4O/c1-14-11-21-22(26-27-25-21)19(15(14)2)10-9-18-8-7-17(13-24-18)20-6-4-3-5-16(20)12-23/h3-10,13-15,19H,11H2,1-2H3/t14-,15+,19-/m0/s1. The summed E-state index contributed by atoms with van der Waals surface area (Å²) >= 11 is 0. The number of pyridine rings is 1. The molecule has 1 aliphatic rings. The number of nitrogens with zero attached hydrogens (tertiary/aromatic N) is 4. The first-order valence-corrected chi connectivity index (χ1v) is 9.12. The largest absolute Gasteiger partial charge is 0.256 e. The fourth-order valence-electron chi connectivity index (χ4n) is 3.67. The molecule has 3 aromatic rings. The molecule has 3 atom stereocenters. The summed E-state index contributed by atoms with van der Waals surface area (Å²) in [6.07, 6.45) is 6.90. The van der Waals surface area contributed by atoms with E-state index in [4.69, 9.17) is 4.63 Å². The van der Waals surface area contributed by atoms with Gasteiger partial charge in [0.25, 0.3) is 0 Å². The number of hydrogen-bond donors (Lipinski definition) is 0. The highest BCUT2D eigenvalue weighted by atomic mass is 16.6. The van der Waals surface area contributed by atoms with Crippen molar-refractivity contribution < 1.29 is 4.63 Å². The van der Waals surface area contributed by atoms with E-state index >= 15 is 0 Å². The molecule has 0 saturated carbocycles. The molecule has 1 aromatic carbocycles. The van der Waals surface area contributed by atoms with Gasteiger partial charge in [0, 0.05) is 23.2 Å². The maximum atomic E-state index is 9.27. The molecule has 0 saturated heterocycles. The van der Waals surface area contributed by atoms with Gasteiger partial charge in [0.1, 0.15) is 11.4 Å². The third kappa shape index (κ3) is 3.26. The molecule has 0 unspecified atom stereocenters. The van der Waals surface area contributed by atoms with E-state index in [1.54, 1.807) is 0 Å². The molecule has 5 nitrogen and oxygen atoms in total. The van der Waals surface area contributed by atoms with Crippen LogP contribution in [0.3, 0.4) is 0 Å². The van der Waals surface area contributed by atoms with Gasteiger partial charge >= 0.3 is 0 Å². The van der Waals surface area contributed by atoms with Crippen molar-refractivity contribution in [1.82, 2.24) is 15.3 Å². The number of allylic oxidation sites excluding steroid dienone is 1. The van der Waals surface area contributed by atoms with E-state index in [0.717, 1.165) is 34.6 Å². The summed E-state index contributed by atoms with van der Waals surface area (Å²) in [4.78, 5) is 4.55. The van der Waals surface area contributed by atoms with Crippen molar-refractivity contribution in [3.63, 3.8) is 0 Å². The van der Waals surface area contributed by atoms with Crippen LogP contribution in [-0.2, 0) is 6.42 Å². The van der Waals surface area contributed by atoms with Crippen LogP contribution in [0.25, 0.3) is 17.2 Å². The van der Waals surface area contributed by atoms with Crippen LogP contribution in [0, 0.1) is 23.2 Å². The lowest BCUT2D eigenvalue weighted by Crippen LogP contribution is -2.24. The molecule has 2 heterocycles. The number of fused-ring (bicyclic) bond motifs is 1. The molecule has 2 aromatic heterocycles. The molecule has 27 heavy (non-hydrogen) atoms. The second kappa shape index (κ2) is 7.16. The topological polar surface area (TPSA) is 75.6 Å². The van der Waals surface area contributed by atoms with Gasteiger partial charge in [0.15, 0.2) is 0 Å². The van der Waals surface area contributed by atoms with E-state index in [0.29, 0.717) is 17.4 Å². The molecule has 0 spiro atoms. The van der Waals surface area contributed by atoms with Crippen molar-refractivity contribution in [2.45, 2.75) is 26.2 Å². The van der Waals surface area contributed by atoms with Crippen molar-refractivity contribution in [1.29, 1.82) is 5.26 Å². The summed E-state index contributed by atoms with van der Waals surface area (Å²) < 4.78 is 4.96. The lowest BCUT2D eigenvalue weighted by Gasteiger charge is -2.29. The third-order valence-corrected chi connectivity index (χ3v) is 5.50. The maximum Gasteiger partial charge on any atom is 0.115 e. The van der Waals surface area contributed by atoms with Crippen molar-refractivity contribution >= 4 is 6.08 Å². The van der Waals surface area contributed by atoms with Gasteiger partial charge < -0.3 is 0 Å². The zero-order chi connectivity index (χ0) is 18.8. The Morgan fingerprint density at radius 1 is 1.15 bits per heavy atom. The first kappa shape index (κ1) is 17.2. The predicted molar refractivity (Wildman–Crippen MR) is 102 cm³/mol. The quantitative estimate of drug-likeness (QED) is 0.684. The van der Waals surface area contributed by atoms with Crippen LogP contribution in [0.4, 0.5) is 0 Å². The Balaban J connectivity index is 1.58. The van der Waals surface area contributed by atoms with Gasteiger partial charge in [-0.2, -0.15) is 5.26 Å². The zero-order valence-electron chi connectivity index (χ0n) is 15.3. The van der Waals surface area contributed by atoms with E-state index in [-0.39, 0.29) is 5.92 Å². The van der Waals surface area contributed by atoms with Crippen LogP contribution in [0.5, 0.6) is 0 Å². The SMILES string of the molecule is C[C@H]1[C@H](C=Cc2ccc(-c3ccccc3C#N)cn2)c2nonc2C[C@@H]1C. The maximum absolute atomic E-state index is 9.27. The highest BCUT2D eigenvalue weighted by Crippen LogP contribution is 2.38. The number of rotatable bonds is 3. The Morgan fingerprint density at radius 2 is 2.00 bits per heavy atom. The molecular formula is C22H20N4O. The molecule has 1 aliphatic carbocycles. The molecule has 4 rings (SSSR count). The highest BCUT2D eigenvalue weighted by molar-refractivity contribution is 5.70. The Hall–Kier alpha value is -3.26. The van der Waals surface area contributed by atoms with Crippen molar-refractivity contribution in [3.05, 3.63) is 71.3 Å². The van der Waals surface area contributed by atoms with E-state index in [1.165, 1.54) is 0 Å². The minimum absolute atomic E-state index is 0.177. The molecule has 0 radical (unpaired) electrons. The zero-order valence-corrected chi connectivity index (χ0v) is 15.3. The molecule has 0 N–H and O–H groups in total. The van der Waals surface area contributed by atoms with Crippen LogP contribution in [0.2, 0.25) is 0 Å². The van der Waals surface area contributed by atoms with Gasteiger partial charge in [-0.25, -0.2) is 4.63 Å². The van der Waals surface area contributed by atoms with Crippen molar-refractivity contribution in [2.24, 2.45) is 11.8 Å². The number of aromatic nitrogens is 3. The average Bonchev–Trinajstić information content (AvgIpc) is 3.16. The van der Waals surface area contributed by atoms with Gasteiger partial charge in [-0.3, -0.25) is 4.98 Å². The molecule has 134 valence electrons. The first-order chi connectivity index (χ1) is 13.2. The first-order valence-electron chi connectivity index (χ1n) is 9.12. The number of benzene rings is 1. The smallest absolute Gasteiger partial charge is 0.115 e. The molecule has 0 aliphatic heterocycles. The van der Waals surface area contributed by atoms with Crippen LogP contribution >= 0.6 is 0 Å². The van der Waals surface area contributed by atoms with E-state index < -0.39 is 0 Å². The van der Waals surface area contributed by atoms with Crippen molar-refractivity contribution in [3.8, 4) is 17.2 Å². The monoisotopic (exact) mass is 356 g/mol. The summed E-state index contributed by atoms with van der Waals surface area (Å²) in [6, 6.07) is 13.8. The molecule has 0 amide bonds. The average molecular weight is 356 g/mol. The summed E-state index contributed by atoms with van der Waals surface area (Å²) in [5, 5.41) is 17.4. The van der Waals surface area contributed by atoms with Gasteiger partial charge in [-0.05, 0) is 36.5 Å². The lowest BCUT2D eigenvalue weighted by molar-refractivity contribution is 0.299. The second-order valence-electron chi connectivity index (χ2n) is 7.15. The molecule has 0 bridgehead atoms. The van der Waals surface area contributed by atoms with Gasteiger partial charge in [0.05, 0.1) is 17.3 Å². The number of hydrogen-bond acceptors (Lipinski definition) is 5. The lowest BCUT2D eigenvalue weighted by atomic mass is 9.74. The normalized spacial score (nSPS) is 21.7. The number of nitriles is 1. The summed E-state index contributed by atoms with van der Waals surface area (Å²) in [5.41, 5.74) is 5.27. The van der Waals surface area contributed by atoms with Gasteiger partial charge in [-0.15, -0.1) is 0 Å². The van der Waals surface area contributed by atoms with Crippen LogP contribution in [0.1, 0.15) is 42.4 Å². The van der Waals surface area contributed by atoms with Crippen molar-refractivity contribution in [2.75, 3.05) is 0 Å². The minimum atomic E-state index is 0.177. The Morgan fingerprint density at radius 3 is 2.78 bits per heavy atom. The van der Waals surface area contributed by atoms with E-state index in [2.05, 4.69) is 41.3 Å². The summed E-state index contributed by atoms with van der Waals surface area (Å²) in [7, 11) is 0.